The van der Waals surface area contributed by atoms with Crippen LogP contribution in [0.2, 0.25) is 0 Å². The molecule has 1 aliphatic carbocycles. The summed E-state index contributed by atoms with van der Waals surface area (Å²) >= 11 is 0. The van der Waals surface area contributed by atoms with Crippen molar-refractivity contribution in [1.29, 1.82) is 0 Å². The summed E-state index contributed by atoms with van der Waals surface area (Å²) in [5.41, 5.74) is 0.447. The highest BCUT2D eigenvalue weighted by Gasteiger charge is 2.32. The van der Waals surface area contributed by atoms with Gasteiger partial charge in [-0.3, -0.25) is 19.7 Å². The third-order valence-corrected chi connectivity index (χ3v) is 4.23. The number of benzene rings is 1. The van der Waals surface area contributed by atoms with E-state index in [0.29, 0.717) is 18.7 Å². The molecular weight excluding hydrogens is 302 g/mol. The first-order chi connectivity index (χ1) is 11.0. The summed E-state index contributed by atoms with van der Waals surface area (Å²) in [7, 11) is 0. The number of hydrogen-bond donors (Lipinski definition) is 2. The van der Waals surface area contributed by atoms with Crippen LogP contribution in [-0.4, -0.2) is 41.0 Å². The van der Waals surface area contributed by atoms with Crippen molar-refractivity contribution >= 4 is 23.3 Å². The van der Waals surface area contributed by atoms with Gasteiger partial charge in [-0.25, -0.2) is 0 Å². The van der Waals surface area contributed by atoms with Crippen LogP contribution in [0.5, 0.6) is 0 Å². The molecule has 1 unspecified atom stereocenters. The SMILES string of the molecule is O=C(NC1CC1)c1ccc(N2CCC(C(=O)O)C2)c([N+](=O)[O-])c1. The van der Waals surface area contributed by atoms with E-state index in [1.54, 1.807) is 11.0 Å². The lowest BCUT2D eigenvalue weighted by Gasteiger charge is -2.18. The molecule has 0 aromatic heterocycles. The molecule has 1 aliphatic heterocycles. The fourth-order valence-corrected chi connectivity index (χ4v) is 2.76. The van der Waals surface area contributed by atoms with Crippen LogP contribution in [0.4, 0.5) is 11.4 Å². The van der Waals surface area contributed by atoms with E-state index in [2.05, 4.69) is 5.32 Å². The molecule has 0 spiro atoms. The highest BCUT2D eigenvalue weighted by molar-refractivity contribution is 5.96. The van der Waals surface area contributed by atoms with Gasteiger partial charge >= 0.3 is 5.97 Å². The number of hydrogen-bond acceptors (Lipinski definition) is 5. The van der Waals surface area contributed by atoms with Crippen LogP contribution in [-0.2, 0) is 4.79 Å². The van der Waals surface area contributed by atoms with Gasteiger partial charge in [0, 0.05) is 30.8 Å². The van der Waals surface area contributed by atoms with Crippen LogP contribution in [0.3, 0.4) is 0 Å². The summed E-state index contributed by atoms with van der Waals surface area (Å²) in [6.07, 6.45) is 2.34. The van der Waals surface area contributed by atoms with E-state index >= 15 is 0 Å². The molecular formula is C15H17N3O5. The molecule has 2 N–H and O–H groups in total. The van der Waals surface area contributed by atoms with Gasteiger partial charge in [0.2, 0.25) is 0 Å². The zero-order valence-electron chi connectivity index (χ0n) is 12.4. The smallest absolute Gasteiger partial charge is 0.308 e. The molecule has 1 aromatic carbocycles. The quantitative estimate of drug-likeness (QED) is 0.626. The average molecular weight is 319 g/mol. The fraction of sp³-hybridized carbons (Fsp3) is 0.467. The van der Waals surface area contributed by atoms with Crippen molar-refractivity contribution in [3.8, 4) is 0 Å². The molecule has 1 amide bonds. The molecule has 23 heavy (non-hydrogen) atoms. The molecule has 8 heteroatoms. The Morgan fingerprint density at radius 1 is 1.30 bits per heavy atom. The fourth-order valence-electron chi connectivity index (χ4n) is 2.76. The first-order valence-corrected chi connectivity index (χ1v) is 7.53. The Labute approximate surface area is 132 Å². The summed E-state index contributed by atoms with van der Waals surface area (Å²) < 4.78 is 0. The van der Waals surface area contributed by atoms with E-state index < -0.39 is 16.8 Å². The number of carbonyl (C=O) groups excluding carboxylic acids is 1. The van der Waals surface area contributed by atoms with Gasteiger partial charge in [-0.1, -0.05) is 0 Å². The maximum absolute atomic E-state index is 12.0. The van der Waals surface area contributed by atoms with E-state index in [9.17, 15) is 19.7 Å². The Hall–Kier alpha value is -2.64. The minimum atomic E-state index is -0.893. The molecule has 0 radical (unpaired) electrons. The number of nitro groups is 1. The van der Waals surface area contributed by atoms with Crippen LogP contribution in [0.25, 0.3) is 0 Å². The van der Waals surface area contributed by atoms with Gasteiger partial charge in [-0.2, -0.15) is 0 Å². The number of anilines is 1. The van der Waals surface area contributed by atoms with Crippen molar-refractivity contribution in [2.24, 2.45) is 5.92 Å². The predicted octanol–water partition coefficient (Wildman–Crippen LogP) is 1.40. The van der Waals surface area contributed by atoms with Crippen molar-refractivity contribution in [3.63, 3.8) is 0 Å². The topological polar surface area (TPSA) is 113 Å². The minimum Gasteiger partial charge on any atom is -0.481 e. The third-order valence-electron chi connectivity index (χ3n) is 4.23. The number of carbonyl (C=O) groups is 2. The van der Waals surface area contributed by atoms with Gasteiger partial charge in [0.15, 0.2) is 0 Å². The predicted molar refractivity (Wildman–Crippen MR) is 81.5 cm³/mol. The maximum Gasteiger partial charge on any atom is 0.308 e. The zero-order chi connectivity index (χ0) is 16.6. The van der Waals surface area contributed by atoms with Gasteiger partial charge in [0.05, 0.1) is 10.8 Å². The van der Waals surface area contributed by atoms with Crippen LogP contribution >= 0.6 is 0 Å². The Morgan fingerprint density at radius 2 is 2.04 bits per heavy atom. The lowest BCUT2D eigenvalue weighted by Crippen LogP contribution is -2.26. The lowest BCUT2D eigenvalue weighted by molar-refractivity contribution is -0.384. The van der Waals surface area contributed by atoms with Gasteiger partial charge in [0.1, 0.15) is 5.69 Å². The second kappa shape index (κ2) is 5.86. The summed E-state index contributed by atoms with van der Waals surface area (Å²) in [6, 6.07) is 4.52. The van der Waals surface area contributed by atoms with Crippen LogP contribution in [0.1, 0.15) is 29.6 Å². The first kappa shape index (κ1) is 15.3. The monoisotopic (exact) mass is 319 g/mol. The molecule has 3 rings (SSSR count). The Bertz CT molecular complexity index is 671. The highest BCUT2D eigenvalue weighted by atomic mass is 16.6. The van der Waals surface area contributed by atoms with Crippen molar-refractivity contribution in [1.82, 2.24) is 5.32 Å². The van der Waals surface area contributed by atoms with Gasteiger partial charge < -0.3 is 15.3 Å². The Balaban J connectivity index is 1.84. The van der Waals surface area contributed by atoms with Crippen molar-refractivity contribution in [2.75, 3.05) is 18.0 Å². The molecule has 2 aliphatic rings. The number of nitrogens with zero attached hydrogens (tertiary/aromatic N) is 2. The van der Waals surface area contributed by atoms with Crippen LogP contribution < -0.4 is 10.2 Å². The van der Waals surface area contributed by atoms with E-state index in [4.69, 9.17) is 5.11 Å². The molecule has 1 heterocycles. The van der Waals surface area contributed by atoms with E-state index in [-0.39, 0.29) is 29.7 Å². The standard InChI is InChI=1S/C15H17N3O5/c19-14(16-11-2-3-11)9-1-4-12(13(7-9)18(22)23)17-6-5-10(8-17)15(20)21/h1,4,7,10-11H,2-3,5-6,8H2,(H,16,19)(H,20,21). The first-order valence-electron chi connectivity index (χ1n) is 7.53. The average Bonchev–Trinajstić information content (AvgIpc) is 3.18. The van der Waals surface area contributed by atoms with Crippen molar-refractivity contribution in [2.45, 2.75) is 25.3 Å². The zero-order valence-corrected chi connectivity index (χ0v) is 12.4. The molecule has 1 saturated heterocycles. The summed E-state index contributed by atoms with van der Waals surface area (Å²) in [5.74, 6) is -1.73. The minimum absolute atomic E-state index is 0.167. The van der Waals surface area contributed by atoms with Crippen LogP contribution in [0, 0.1) is 16.0 Å². The van der Waals surface area contributed by atoms with Gasteiger partial charge in [-0.15, -0.1) is 0 Å². The molecule has 1 saturated carbocycles. The second-order valence-corrected chi connectivity index (χ2v) is 5.98. The van der Waals surface area contributed by atoms with Crippen LogP contribution in [0.15, 0.2) is 18.2 Å². The number of nitrogens with one attached hydrogen (secondary N) is 1. The molecule has 122 valence electrons. The van der Waals surface area contributed by atoms with Gasteiger partial charge in [0.25, 0.3) is 11.6 Å². The van der Waals surface area contributed by atoms with E-state index in [1.165, 1.54) is 12.1 Å². The number of amides is 1. The largest absolute Gasteiger partial charge is 0.481 e. The molecule has 8 nitrogen and oxygen atoms in total. The molecule has 0 bridgehead atoms. The summed E-state index contributed by atoms with van der Waals surface area (Å²) in [4.78, 5) is 35.6. The third kappa shape index (κ3) is 3.25. The number of rotatable bonds is 5. The number of carboxylic acids is 1. The summed E-state index contributed by atoms with van der Waals surface area (Å²) in [5, 5.41) is 23.2. The van der Waals surface area contributed by atoms with Gasteiger partial charge in [-0.05, 0) is 31.4 Å². The maximum atomic E-state index is 12.0. The van der Waals surface area contributed by atoms with Crippen molar-refractivity contribution < 1.29 is 19.6 Å². The highest BCUT2D eigenvalue weighted by Crippen LogP contribution is 2.33. The molecule has 1 atom stereocenters. The number of nitro benzene ring substituents is 1. The normalized spacial score (nSPS) is 20.3. The Morgan fingerprint density at radius 3 is 2.61 bits per heavy atom. The number of carboxylic acid groups (broad SMARTS) is 1. The van der Waals surface area contributed by atoms with Crippen molar-refractivity contribution in [3.05, 3.63) is 33.9 Å². The summed E-state index contributed by atoms with van der Waals surface area (Å²) in [6.45, 7) is 0.690. The Kier molecular flexibility index (Phi) is 3.89. The van der Waals surface area contributed by atoms with E-state index in [0.717, 1.165) is 12.8 Å². The second-order valence-electron chi connectivity index (χ2n) is 5.98. The number of aliphatic carboxylic acids is 1. The van der Waals surface area contributed by atoms with E-state index in [1.807, 2.05) is 0 Å². The molecule has 1 aromatic rings. The lowest BCUT2D eigenvalue weighted by atomic mass is 10.1. The molecule has 2 fully saturated rings.